The minimum absolute atomic E-state index is 0.0615. The molecule has 1 aromatic heterocycles. The number of amides is 1. The van der Waals surface area contributed by atoms with Crippen molar-refractivity contribution in [2.24, 2.45) is 5.73 Å². The lowest BCUT2D eigenvalue weighted by Crippen LogP contribution is -2.30. The van der Waals surface area contributed by atoms with Gasteiger partial charge < -0.3 is 25.6 Å². The Kier molecular flexibility index (Phi) is 5.82. The highest BCUT2D eigenvalue weighted by Gasteiger charge is 2.37. The summed E-state index contributed by atoms with van der Waals surface area (Å²) in [6.45, 7) is 2.17. The number of carbonyl (C=O) groups excluding carboxylic acids is 1. The summed E-state index contributed by atoms with van der Waals surface area (Å²) in [4.78, 5) is 21.3. The lowest BCUT2D eigenvalue weighted by molar-refractivity contribution is 0.0726. The van der Waals surface area contributed by atoms with Gasteiger partial charge >= 0.3 is 0 Å². The fourth-order valence-corrected chi connectivity index (χ4v) is 6.09. The Labute approximate surface area is 231 Å². The number of nitrogens with zero attached hydrogens (tertiary/aromatic N) is 2. The van der Waals surface area contributed by atoms with Crippen LogP contribution in [0.3, 0.4) is 0 Å². The summed E-state index contributed by atoms with van der Waals surface area (Å²) in [5.41, 5.74) is 12.7. The van der Waals surface area contributed by atoms with Gasteiger partial charge in [0, 0.05) is 53.7 Å². The Morgan fingerprint density at radius 3 is 2.52 bits per heavy atom. The molecule has 4 aromatic carbocycles. The first-order valence-electron chi connectivity index (χ1n) is 13.6. The SMILES string of the molecule is N[C@@H]1CCN(c2ccc(-c3ccc4c(c3)C(=O)N(C(c3cc5ccccc5[nH]3)c3cc(F)ccc3O)C4)cc2)C1. The Morgan fingerprint density at radius 1 is 0.950 bits per heavy atom. The Balaban J connectivity index is 1.24. The van der Waals surface area contributed by atoms with Gasteiger partial charge in [-0.2, -0.15) is 0 Å². The minimum Gasteiger partial charge on any atom is -0.508 e. The quantitative estimate of drug-likeness (QED) is 0.261. The van der Waals surface area contributed by atoms with Gasteiger partial charge in [-0.25, -0.2) is 4.39 Å². The number of nitrogens with two attached hydrogens (primary N) is 1. The number of carbonyl (C=O) groups is 1. The van der Waals surface area contributed by atoms with Crippen molar-refractivity contribution in [1.82, 2.24) is 9.88 Å². The average Bonchev–Trinajstić information content (AvgIpc) is 3.68. The maximum atomic E-state index is 14.4. The van der Waals surface area contributed by atoms with Crippen LogP contribution in [0.25, 0.3) is 22.0 Å². The normalized spacial score (nSPS) is 17.6. The van der Waals surface area contributed by atoms with E-state index >= 15 is 0 Å². The van der Waals surface area contributed by atoms with Crippen LogP contribution in [0.2, 0.25) is 0 Å². The number of hydrogen-bond donors (Lipinski definition) is 3. The number of aromatic hydroxyl groups is 1. The van der Waals surface area contributed by atoms with E-state index in [0.717, 1.165) is 52.8 Å². The monoisotopic (exact) mass is 532 g/mol. The summed E-state index contributed by atoms with van der Waals surface area (Å²) in [7, 11) is 0. The fraction of sp³-hybridized carbons (Fsp3) is 0.182. The number of phenolic OH excluding ortho intramolecular Hbond substituents is 1. The molecule has 1 unspecified atom stereocenters. The van der Waals surface area contributed by atoms with E-state index in [1.54, 1.807) is 4.90 Å². The van der Waals surface area contributed by atoms with Gasteiger partial charge in [0.15, 0.2) is 0 Å². The molecule has 40 heavy (non-hydrogen) atoms. The number of H-pyrrole nitrogens is 1. The number of para-hydroxylation sites is 1. The van der Waals surface area contributed by atoms with E-state index in [4.69, 9.17) is 5.73 Å². The van der Waals surface area contributed by atoms with Gasteiger partial charge in [-0.1, -0.05) is 42.5 Å². The van der Waals surface area contributed by atoms with Crippen molar-refractivity contribution in [3.05, 3.63) is 119 Å². The molecule has 1 amide bonds. The molecule has 7 rings (SSSR count). The third-order valence-corrected chi connectivity index (χ3v) is 8.17. The molecule has 0 aliphatic carbocycles. The molecule has 7 heteroatoms. The number of phenols is 1. The molecule has 3 heterocycles. The molecule has 4 N–H and O–H groups in total. The Bertz CT molecular complexity index is 1710. The zero-order valence-electron chi connectivity index (χ0n) is 21.8. The van der Waals surface area contributed by atoms with Gasteiger partial charge in [0.1, 0.15) is 17.6 Å². The molecule has 2 atom stereocenters. The number of rotatable bonds is 5. The van der Waals surface area contributed by atoms with Crippen molar-refractivity contribution in [1.29, 1.82) is 0 Å². The summed E-state index contributed by atoms with van der Waals surface area (Å²) >= 11 is 0. The smallest absolute Gasteiger partial charge is 0.255 e. The second-order valence-electron chi connectivity index (χ2n) is 10.8. The molecule has 2 aliphatic heterocycles. The van der Waals surface area contributed by atoms with E-state index in [-0.39, 0.29) is 17.7 Å². The van der Waals surface area contributed by atoms with E-state index in [1.807, 2.05) is 48.5 Å². The summed E-state index contributed by atoms with van der Waals surface area (Å²) in [6, 6.07) is 27.5. The van der Waals surface area contributed by atoms with Crippen LogP contribution in [-0.4, -0.2) is 40.0 Å². The average molecular weight is 533 g/mol. The van der Waals surface area contributed by atoms with E-state index in [1.165, 1.54) is 18.2 Å². The van der Waals surface area contributed by atoms with Crippen molar-refractivity contribution in [3.8, 4) is 16.9 Å². The highest BCUT2D eigenvalue weighted by atomic mass is 19.1. The van der Waals surface area contributed by atoms with E-state index < -0.39 is 11.9 Å². The molecule has 1 saturated heterocycles. The van der Waals surface area contributed by atoms with Crippen molar-refractivity contribution < 1.29 is 14.3 Å². The first kappa shape index (κ1) is 24.4. The van der Waals surface area contributed by atoms with E-state index in [2.05, 4.69) is 34.1 Å². The highest BCUT2D eigenvalue weighted by molar-refractivity contribution is 6.00. The first-order chi connectivity index (χ1) is 19.4. The highest BCUT2D eigenvalue weighted by Crippen LogP contribution is 2.41. The number of fused-ring (bicyclic) bond motifs is 2. The molecule has 6 nitrogen and oxygen atoms in total. The molecule has 0 radical (unpaired) electrons. The molecular formula is C33H29FN4O2. The predicted octanol–water partition coefficient (Wildman–Crippen LogP) is 5.96. The summed E-state index contributed by atoms with van der Waals surface area (Å²) in [5, 5.41) is 11.8. The number of aromatic nitrogens is 1. The topological polar surface area (TPSA) is 85.6 Å². The molecule has 200 valence electrons. The summed E-state index contributed by atoms with van der Waals surface area (Å²) in [5.74, 6) is -0.694. The molecule has 5 aromatic rings. The van der Waals surface area contributed by atoms with Crippen LogP contribution in [0.15, 0.2) is 91.0 Å². The third-order valence-electron chi connectivity index (χ3n) is 8.17. The van der Waals surface area contributed by atoms with Crippen LogP contribution in [-0.2, 0) is 6.54 Å². The number of hydrogen-bond acceptors (Lipinski definition) is 4. The standard InChI is InChI=1S/C33H29FN4O2/c34-24-9-12-31(39)28(17-24)32(30-16-22-3-1-2-4-29(22)36-30)38-18-23-6-5-21(15-27(23)33(38)40)20-7-10-26(11-8-20)37-14-13-25(35)19-37/h1-12,15-17,25,32,36,39H,13-14,18-19,35H2/t25-,32?/m1/s1. The van der Waals surface area contributed by atoms with Crippen LogP contribution in [0.4, 0.5) is 10.1 Å². The Morgan fingerprint density at radius 2 is 1.75 bits per heavy atom. The first-order valence-corrected chi connectivity index (χ1v) is 13.6. The number of halogens is 1. The summed E-state index contributed by atoms with van der Waals surface area (Å²) < 4.78 is 14.4. The number of benzene rings is 4. The van der Waals surface area contributed by atoms with Crippen LogP contribution in [0.1, 0.15) is 39.6 Å². The number of aromatic amines is 1. The van der Waals surface area contributed by atoms with Crippen LogP contribution < -0.4 is 10.6 Å². The number of nitrogens with one attached hydrogen (secondary N) is 1. The molecule has 0 spiro atoms. The van der Waals surface area contributed by atoms with Gasteiger partial charge in [0.2, 0.25) is 0 Å². The largest absolute Gasteiger partial charge is 0.508 e. The molecule has 0 saturated carbocycles. The number of anilines is 1. The van der Waals surface area contributed by atoms with Crippen molar-refractivity contribution in [3.63, 3.8) is 0 Å². The van der Waals surface area contributed by atoms with Crippen LogP contribution in [0.5, 0.6) is 5.75 Å². The lowest BCUT2D eigenvalue weighted by atomic mass is 10.00. The van der Waals surface area contributed by atoms with Crippen molar-refractivity contribution in [2.75, 3.05) is 18.0 Å². The van der Waals surface area contributed by atoms with Gasteiger partial charge in [0.25, 0.3) is 5.91 Å². The van der Waals surface area contributed by atoms with Gasteiger partial charge in [0.05, 0.1) is 0 Å². The molecule has 0 bridgehead atoms. The zero-order valence-corrected chi connectivity index (χ0v) is 21.8. The lowest BCUT2D eigenvalue weighted by Gasteiger charge is -2.28. The summed E-state index contributed by atoms with van der Waals surface area (Å²) in [6.07, 6.45) is 0.998. The van der Waals surface area contributed by atoms with E-state index in [0.29, 0.717) is 23.4 Å². The molecular weight excluding hydrogens is 503 g/mol. The maximum Gasteiger partial charge on any atom is 0.255 e. The van der Waals surface area contributed by atoms with Gasteiger partial charge in [-0.05, 0) is 77.0 Å². The third kappa shape index (κ3) is 4.19. The zero-order chi connectivity index (χ0) is 27.4. The minimum atomic E-state index is -0.697. The van der Waals surface area contributed by atoms with Gasteiger partial charge in [-0.15, -0.1) is 0 Å². The molecule has 2 aliphatic rings. The van der Waals surface area contributed by atoms with Crippen molar-refractivity contribution in [2.45, 2.75) is 25.0 Å². The van der Waals surface area contributed by atoms with Crippen LogP contribution in [0, 0.1) is 5.82 Å². The fourth-order valence-electron chi connectivity index (χ4n) is 6.09. The molecule has 1 fully saturated rings. The second-order valence-corrected chi connectivity index (χ2v) is 10.8. The predicted molar refractivity (Wildman–Crippen MR) is 155 cm³/mol. The van der Waals surface area contributed by atoms with E-state index in [9.17, 15) is 14.3 Å². The maximum absolute atomic E-state index is 14.4. The van der Waals surface area contributed by atoms with Crippen molar-refractivity contribution >= 4 is 22.5 Å². The second kappa shape index (κ2) is 9.54. The van der Waals surface area contributed by atoms with Crippen LogP contribution >= 0.6 is 0 Å². The van der Waals surface area contributed by atoms with Gasteiger partial charge in [-0.3, -0.25) is 4.79 Å². The Hall–Kier alpha value is -4.62.